The van der Waals surface area contributed by atoms with Crippen molar-refractivity contribution in [1.29, 1.82) is 5.26 Å². The average Bonchev–Trinajstić information content (AvgIpc) is 2.21. The molecule has 0 amide bonds. The largest absolute Gasteiger partial charge is 0.373 e. The summed E-state index contributed by atoms with van der Waals surface area (Å²) in [5.41, 5.74) is 3.78. The van der Waals surface area contributed by atoms with Crippen molar-refractivity contribution < 1.29 is 0 Å². The van der Waals surface area contributed by atoms with Crippen molar-refractivity contribution in [3.05, 3.63) is 29.3 Å². The first kappa shape index (κ1) is 11.6. The monoisotopic (exact) mass is 202 g/mol. The van der Waals surface area contributed by atoms with Gasteiger partial charge in [-0.2, -0.15) is 5.26 Å². The molecule has 1 aromatic carbocycles. The number of rotatable bonds is 3. The highest BCUT2D eigenvalue weighted by atomic mass is 15.1. The van der Waals surface area contributed by atoms with E-state index in [0.717, 1.165) is 6.54 Å². The van der Waals surface area contributed by atoms with E-state index >= 15 is 0 Å². The molecule has 0 aliphatic carbocycles. The van der Waals surface area contributed by atoms with E-state index in [1.807, 2.05) is 14.0 Å². The van der Waals surface area contributed by atoms with E-state index in [1.54, 1.807) is 0 Å². The molecule has 1 aromatic rings. The van der Waals surface area contributed by atoms with Crippen LogP contribution in [0.1, 0.15) is 18.1 Å². The van der Waals surface area contributed by atoms with Crippen molar-refractivity contribution in [2.75, 3.05) is 18.5 Å². The molecule has 0 aliphatic rings. The maximum atomic E-state index is 8.75. The molecule has 1 atom stereocenters. The second-order valence-electron chi connectivity index (χ2n) is 4.18. The van der Waals surface area contributed by atoms with Gasteiger partial charge in [0.2, 0.25) is 0 Å². The molecule has 0 fully saturated rings. The van der Waals surface area contributed by atoms with E-state index < -0.39 is 0 Å². The van der Waals surface area contributed by atoms with Crippen molar-refractivity contribution in [2.24, 2.45) is 5.92 Å². The highest BCUT2D eigenvalue weighted by molar-refractivity contribution is 5.50. The van der Waals surface area contributed by atoms with Gasteiger partial charge >= 0.3 is 0 Å². The number of nitrogens with zero attached hydrogens (tertiary/aromatic N) is 2. The van der Waals surface area contributed by atoms with E-state index in [0.29, 0.717) is 0 Å². The second-order valence-corrected chi connectivity index (χ2v) is 4.18. The fourth-order valence-corrected chi connectivity index (χ4v) is 1.52. The van der Waals surface area contributed by atoms with Gasteiger partial charge in [-0.15, -0.1) is 0 Å². The molecule has 0 bridgehead atoms. The molecule has 0 aliphatic heterocycles. The minimum absolute atomic E-state index is 0.0663. The lowest BCUT2D eigenvalue weighted by molar-refractivity contribution is 0.716. The molecule has 0 spiro atoms. The molecule has 0 aromatic heterocycles. The summed E-state index contributed by atoms with van der Waals surface area (Å²) >= 11 is 0. The van der Waals surface area contributed by atoms with Crippen LogP contribution in [-0.4, -0.2) is 13.6 Å². The number of hydrogen-bond acceptors (Lipinski definition) is 2. The molecular formula is C13H18N2. The number of benzene rings is 1. The van der Waals surface area contributed by atoms with Crippen molar-refractivity contribution >= 4 is 5.69 Å². The minimum atomic E-state index is 0.0663. The third-order valence-corrected chi connectivity index (χ3v) is 2.70. The fourth-order valence-electron chi connectivity index (χ4n) is 1.52. The molecule has 0 saturated heterocycles. The summed E-state index contributed by atoms with van der Waals surface area (Å²) in [4.78, 5) is 2.13. The Bertz CT molecular complexity index is 377. The summed E-state index contributed by atoms with van der Waals surface area (Å²) in [6.07, 6.45) is 0. The zero-order valence-corrected chi connectivity index (χ0v) is 9.91. The van der Waals surface area contributed by atoms with Crippen LogP contribution in [0.5, 0.6) is 0 Å². The maximum Gasteiger partial charge on any atom is 0.0671 e. The van der Waals surface area contributed by atoms with E-state index in [-0.39, 0.29) is 5.92 Å². The van der Waals surface area contributed by atoms with Gasteiger partial charge in [-0.25, -0.2) is 0 Å². The Labute approximate surface area is 92.1 Å². The number of hydrogen-bond donors (Lipinski definition) is 0. The lowest BCUT2D eigenvalue weighted by Crippen LogP contribution is -2.23. The Hall–Kier alpha value is -1.49. The van der Waals surface area contributed by atoms with Crippen LogP contribution in [0.3, 0.4) is 0 Å². The third-order valence-electron chi connectivity index (χ3n) is 2.70. The van der Waals surface area contributed by atoms with Gasteiger partial charge in [-0.05, 0) is 44.0 Å². The third kappa shape index (κ3) is 2.99. The SMILES string of the molecule is Cc1ccc(N(C)CC(C)C#N)cc1C. The van der Waals surface area contributed by atoms with Gasteiger partial charge < -0.3 is 4.90 Å². The summed E-state index contributed by atoms with van der Waals surface area (Å²) in [6.45, 7) is 6.94. The predicted molar refractivity (Wildman–Crippen MR) is 64.0 cm³/mol. The topological polar surface area (TPSA) is 27.0 Å². The first-order valence-electron chi connectivity index (χ1n) is 5.22. The summed E-state index contributed by atoms with van der Waals surface area (Å²) in [6, 6.07) is 8.64. The van der Waals surface area contributed by atoms with Gasteiger partial charge in [-0.1, -0.05) is 6.07 Å². The van der Waals surface area contributed by atoms with Gasteiger partial charge in [-0.3, -0.25) is 0 Å². The van der Waals surface area contributed by atoms with Crippen LogP contribution in [0, 0.1) is 31.1 Å². The number of aryl methyl sites for hydroxylation is 2. The predicted octanol–water partition coefficient (Wildman–Crippen LogP) is 2.90. The second kappa shape index (κ2) is 4.84. The quantitative estimate of drug-likeness (QED) is 0.753. The van der Waals surface area contributed by atoms with E-state index in [4.69, 9.17) is 5.26 Å². The van der Waals surface area contributed by atoms with E-state index in [1.165, 1.54) is 16.8 Å². The molecule has 15 heavy (non-hydrogen) atoms. The molecule has 1 unspecified atom stereocenters. The van der Waals surface area contributed by atoms with Crippen LogP contribution < -0.4 is 4.90 Å². The zero-order chi connectivity index (χ0) is 11.4. The first-order valence-corrected chi connectivity index (χ1v) is 5.22. The molecule has 0 heterocycles. The molecular weight excluding hydrogens is 184 g/mol. The zero-order valence-electron chi connectivity index (χ0n) is 9.91. The van der Waals surface area contributed by atoms with Gasteiger partial charge in [0.15, 0.2) is 0 Å². The Morgan fingerprint density at radius 1 is 1.33 bits per heavy atom. The molecule has 0 saturated carbocycles. The first-order chi connectivity index (χ1) is 7.04. The van der Waals surface area contributed by atoms with Crippen LogP contribution in [0.4, 0.5) is 5.69 Å². The van der Waals surface area contributed by atoms with Crippen LogP contribution in [0.25, 0.3) is 0 Å². The number of anilines is 1. The van der Waals surface area contributed by atoms with Crippen molar-refractivity contribution in [3.63, 3.8) is 0 Å². The van der Waals surface area contributed by atoms with Crippen molar-refractivity contribution in [1.82, 2.24) is 0 Å². The molecule has 2 nitrogen and oxygen atoms in total. The Morgan fingerprint density at radius 2 is 2.00 bits per heavy atom. The van der Waals surface area contributed by atoms with Crippen LogP contribution >= 0.6 is 0 Å². The smallest absolute Gasteiger partial charge is 0.0671 e. The van der Waals surface area contributed by atoms with Gasteiger partial charge in [0, 0.05) is 19.3 Å². The van der Waals surface area contributed by atoms with E-state index in [9.17, 15) is 0 Å². The summed E-state index contributed by atoms with van der Waals surface area (Å²) in [7, 11) is 2.03. The van der Waals surface area contributed by atoms with Crippen LogP contribution in [0.15, 0.2) is 18.2 Å². The summed E-state index contributed by atoms with van der Waals surface area (Å²) < 4.78 is 0. The maximum absolute atomic E-state index is 8.75. The lowest BCUT2D eigenvalue weighted by Gasteiger charge is -2.21. The highest BCUT2D eigenvalue weighted by Crippen LogP contribution is 2.18. The standard InChI is InChI=1S/C13H18N2/c1-10(8-14)9-15(4)13-6-5-11(2)12(3)7-13/h5-7,10H,9H2,1-4H3. The average molecular weight is 202 g/mol. The fraction of sp³-hybridized carbons (Fsp3) is 0.462. The van der Waals surface area contributed by atoms with E-state index in [2.05, 4.69) is 43.0 Å². The molecule has 0 N–H and O–H groups in total. The Morgan fingerprint density at radius 3 is 2.53 bits per heavy atom. The summed E-state index contributed by atoms with van der Waals surface area (Å²) in [5.74, 6) is 0.0663. The molecule has 1 rings (SSSR count). The van der Waals surface area contributed by atoms with Gasteiger partial charge in [0.05, 0.1) is 12.0 Å². The minimum Gasteiger partial charge on any atom is -0.373 e. The molecule has 2 heteroatoms. The van der Waals surface area contributed by atoms with Crippen molar-refractivity contribution in [3.8, 4) is 6.07 Å². The lowest BCUT2D eigenvalue weighted by atomic mass is 10.1. The van der Waals surface area contributed by atoms with Gasteiger partial charge in [0.25, 0.3) is 0 Å². The van der Waals surface area contributed by atoms with Crippen molar-refractivity contribution in [2.45, 2.75) is 20.8 Å². The van der Waals surface area contributed by atoms with Gasteiger partial charge in [0.1, 0.15) is 0 Å². The van der Waals surface area contributed by atoms with Crippen LogP contribution in [-0.2, 0) is 0 Å². The molecule has 80 valence electrons. The highest BCUT2D eigenvalue weighted by Gasteiger charge is 2.06. The summed E-state index contributed by atoms with van der Waals surface area (Å²) in [5, 5.41) is 8.75. The molecule has 0 radical (unpaired) electrons. The normalized spacial score (nSPS) is 11.9. The Kier molecular flexibility index (Phi) is 3.74. The number of nitriles is 1. The van der Waals surface area contributed by atoms with Crippen LogP contribution in [0.2, 0.25) is 0 Å². The Balaban J connectivity index is 2.79.